The third-order valence-electron chi connectivity index (χ3n) is 2.21. The Balaban J connectivity index is 0.000000494. The van der Waals surface area contributed by atoms with E-state index in [1.807, 2.05) is 0 Å². The Bertz CT molecular complexity index is 337. The summed E-state index contributed by atoms with van der Waals surface area (Å²) in [7, 11) is 0. The fourth-order valence-electron chi connectivity index (χ4n) is 1.22. The van der Waals surface area contributed by atoms with E-state index in [1.165, 1.54) is 12.1 Å². The monoisotopic (exact) mass is 254 g/mol. The summed E-state index contributed by atoms with van der Waals surface area (Å²) >= 11 is 0. The molecule has 0 radical (unpaired) electrons. The Kier molecular flexibility index (Phi) is 8.61. The molecule has 5 heteroatoms. The molecule has 0 aliphatic rings. The molecule has 1 aromatic rings. The lowest BCUT2D eigenvalue weighted by molar-refractivity contribution is -0.138. The third kappa shape index (κ3) is 7.65. The highest BCUT2D eigenvalue weighted by Gasteiger charge is 2.11. The first-order valence-corrected chi connectivity index (χ1v) is 5.98. The van der Waals surface area contributed by atoms with Crippen molar-refractivity contribution in [2.75, 3.05) is 13.1 Å². The lowest BCUT2D eigenvalue weighted by Gasteiger charge is -2.05. The van der Waals surface area contributed by atoms with Crippen molar-refractivity contribution in [1.29, 1.82) is 0 Å². The van der Waals surface area contributed by atoms with Gasteiger partial charge in [-0.05, 0) is 37.2 Å². The molecule has 0 saturated carbocycles. The van der Waals surface area contributed by atoms with E-state index in [4.69, 9.17) is 15.9 Å². The van der Waals surface area contributed by atoms with E-state index < -0.39 is 12.0 Å². The van der Waals surface area contributed by atoms with Gasteiger partial charge in [0.15, 0.2) is 0 Å². The fraction of sp³-hybridized carbons (Fsp3) is 0.462. The summed E-state index contributed by atoms with van der Waals surface area (Å²) in [4.78, 5) is 10.4. The lowest BCUT2D eigenvalue weighted by atomic mass is 10.1. The number of rotatable bonds is 5. The first-order chi connectivity index (χ1) is 8.51. The first kappa shape index (κ1) is 16.4. The Morgan fingerprint density at radius 2 is 1.78 bits per heavy atom. The predicted octanol–water partition coefficient (Wildman–Crippen LogP) is 0.962. The van der Waals surface area contributed by atoms with E-state index in [0.29, 0.717) is 0 Å². The Morgan fingerprint density at radius 3 is 2.11 bits per heavy atom. The number of aliphatic carboxylic acids is 1. The summed E-state index contributed by atoms with van der Waals surface area (Å²) in [5, 5.41) is 20.6. The molecule has 1 unspecified atom stereocenters. The van der Waals surface area contributed by atoms with Gasteiger partial charge in [-0.15, -0.1) is 0 Å². The van der Waals surface area contributed by atoms with Gasteiger partial charge in [0.05, 0.1) is 0 Å². The largest absolute Gasteiger partial charge is 0.508 e. The van der Waals surface area contributed by atoms with Gasteiger partial charge in [0.25, 0.3) is 0 Å². The molecule has 0 bridgehead atoms. The second-order valence-corrected chi connectivity index (χ2v) is 3.77. The van der Waals surface area contributed by atoms with Crippen molar-refractivity contribution in [2.45, 2.75) is 26.3 Å². The van der Waals surface area contributed by atoms with Crippen LogP contribution < -0.4 is 11.1 Å². The lowest BCUT2D eigenvalue weighted by Crippen LogP contribution is -2.32. The molecule has 0 heterocycles. The molecule has 5 N–H and O–H groups in total. The maximum absolute atomic E-state index is 10.4. The van der Waals surface area contributed by atoms with Crippen molar-refractivity contribution in [2.24, 2.45) is 5.73 Å². The summed E-state index contributed by atoms with van der Waals surface area (Å²) in [6, 6.07) is 5.42. The van der Waals surface area contributed by atoms with Gasteiger partial charge >= 0.3 is 5.97 Å². The predicted molar refractivity (Wildman–Crippen MR) is 71.6 cm³/mol. The van der Waals surface area contributed by atoms with Crippen LogP contribution in [0.1, 0.15) is 19.4 Å². The Labute approximate surface area is 108 Å². The molecule has 0 fully saturated rings. The van der Waals surface area contributed by atoms with E-state index in [9.17, 15) is 4.79 Å². The van der Waals surface area contributed by atoms with Gasteiger partial charge in [-0.1, -0.05) is 26.0 Å². The molecule has 1 aromatic carbocycles. The zero-order valence-corrected chi connectivity index (χ0v) is 10.9. The van der Waals surface area contributed by atoms with Gasteiger partial charge < -0.3 is 21.3 Å². The summed E-state index contributed by atoms with van der Waals surface area (Å²) < 4.78 is 0. The summed E-state index contributed by atoms with van der Waals surface area (Å²) in [6.45, 7) is 6.39. The highest BCUT2D eigenvalue weighted by molar-refractivity contribution is 5.73. The van der Waals surface area contributed by atoms with Crippen LogP contribution in [0.25, 0.3) is 0 Å². The molecule has 0 spiro atoms. The molecule has 1 rings (SSSR count). The maximum atomic E-state index is 10.4. The van der Waals surface area contributed by atoms with Crippen LogP contribution in [0.3, 0.4) is 0 Å². The van der Waals surface area contributed by atoms with Gasteiger partial charge in [-0.25, -0.2) is 0 Å². The Hall–Kier alpha value is -1.59. The van der Waals surface area contributed by atoms with Crippen molar-refractivity contribution in [3.8, 4) is 5.75 Å². The third-order valence-corrected chi connectivity index (χ3v) is 2.21. The molecule has 0 aromatic heterocycles. The zero-order valence-electron chi connectivity index (χ0n) is 10.9. The molecule has 0 amide bonds. The number of phenolic OH excluding ortho intramolecular Hbond substituents is 1. The molecule has 5 nitrogen and oxygen atoms in total. The van der Waals surface area contributed by atoms with Crippen molar-refractivity contribution in [1.82, 2.24) is 5.32 Å². The number of carboxylic acid groups (broad SMARTS) is 1. The minimum Gasteiger partial charge on any atom is -0.508 e. The van der Waals surface area contributed by atoms with Crippen molar-refractivity contribution < 1.29 is 15.0 Å². The highest BCUT2D eigenvalue weighted by Crippen LogP contribution is 2.10. The Morgan fingerprint density at radius 1 is 1.28 bits per heavy atom. The van der Waals surface area contributed by atoms with Crippen LogP contribution in [0, 0.1) is 0 Å². The van der Waals surface area contributed by atoms with E-state index >= 15 is 0 Å². The molecule has 102 valence electrons. The van der Waals surface area contributed by atoms with E-state index in [-0.39, 0.29) is 12.2 Å². The standard InChI is InChI=1S/C9H11NO3.C4H11N/c10-8(9(12)13)5-6-1-3-7(11)4-2-6;1-3-5-4-2/h1-4,8,11H,5,10H2,(H,12,13);5H,3-4H2,1-2H3. The summed E-state index contributed by atoms with van der Waals surface area (Å²) in [5.41, 5.74) is 6.12. The molecule has 18 heavy (non-hydrogen) atoms. The number of carboxylic acids is 1. The molecule has 1 atom stereocenters. The van der Waals surface area contributed by atoms with Crippen molar-refractivity contribution in [3.63, 3.8) is 0 Å². The van der Waals surface area contributed by atoms with Crippen molar-refractivity contribution in [3.05, 3.63) is 29.8 Å². The first-order valence-electron chi connectivity index (χ1n) is 5.98. The van der Waals surface area contributed by atoms with Gasteiger partial charge in [0.1, 0.15) is 11.8 Å². The van der Waals surface area contributed by atoms with Crippen LogP contribution in [-0.4, -0.2) is 35.3 Å². The summed E-state index contributed by atoms with van der Waals surface area (Å²) in [5.74, 6) is -0.860. The number of carbonyl (C=O) groups is 1. The van der Waals surface area contributed by atoms with Gasteiger partial charge in [-0.3, -0.25) is 4.79 Å². The fourth-order valence-corrected chi connectivity index (χ4v) is 1.22. The number of nitrogens with one attached hydrogen (secondary N) is 1. The van der Waals surface area contributed by atoms with Gasteiger partial charge in [0, 0.05) is 0 Å². The molecule has 0 aliphatic carbocycles. The van der Waals surface area contributed by atoms with Crippen LogP contribution in [-0.2, 0) is 11.2 Å². The average molecular weight is 254 g/mol. The number of hydrogen-bond acceptors (Lipinski definition) is 4. The van der Waals surface area contributed by atoms with E-state index in [2.05, 4.69) is 19.2 Å². The van der Waals surface area contributed by atoms with Gasteiger partial charge in [-0.2, -0.15) is 0 Å². The summed E-state index contributed by atoms with van der Waals surface area (Å²) in [6.07, 6.45) is 0.273. The normalized spacial score (nSPS) is 11.3. The highest BCUT2D eigenvalue weighted by atomic mass is 16.4. The zero-order chi connectivity index (χ0) is 14.0. The quantitative estimate of drug-likeness (QED) is 0.628. The maximum Gasteiger partial charge on any atom is 0.320 e. The minimum absolute atomic E-state index is 0.160. The minimum atomic E-state index is -1.02. The smallest absolute Gasteiger partial charge is 0.320 e. The number of phenols is 1. The number of aromatic hydroxyl groups is 1. The average Bonchev–Trinajstić information content (AvgIpc) is 2.34. The van der Waals surface area contributed by atoms with Crippen molar-refractivity contribution >= 4 is 5.97 Å². The number of hydrogen-bond donors (Lipinski definition) is 4. The SMILES string of the molecule is CCNCC.NC(Cc1ccc(O)cc1)C(=O)O. The molecular weight excluding hydrogens is 232 g/mol. The van der Waals surface area contributed by atoms with E-state index in [1.54, 1.807) is 12.1 Å². The molecule has 0 aliphatic heterocycles. The van der Waals surface area contributed by atoms with E-state index in [0.717, 1.165) is 18.7 Å². The van der Waals surface area contributed by atoms with Crippen LogP contribution >= 0.6 is 0 Å². The topological polar surface area (TPSA) is 95.6 Å². The number of nitrogens with two attached hydrogens (primary N) is 1. The van der Waals surface area contributed by atoms with Gasteiger partial charge in [0.2, 0.25) is 0 Å². The molecule has 0 saturated heterocycles. The van der Waals surface area contributed by atoms with Crippen LogP contribution in [0.5, 0.6) is 5.75 Å². The van der Waals surface area contributed by atoms with Crippen LogP contribution in [0.4, 0.5) is 0 Å². The second kappa shape index (κ2) is 9.44. The van der Waals surface area contributed by atoms with Crippen LogP contribution in [0.15, 0.2) is 24.3 Å². The number of benzene rings is 1. The van der Waals surface area contributed by atoms with Crippen LogP contribution in [0.2, 0.25) is 0 Å². The molecular formula is C13H22N2O3. The second-order valence-electron chi connectivity index (χ2n) is 3.77.